The first kappa shape index (κ1) is 14.2. The summed E-state index contributed by atoms with van der Waals surface area (Å²) in [5.74, 6) is 0.0557. The Hall–Kier alpha value is -0.870. The zero-order valence-corrected chi connectivity index (χ0v) is 11.6. The van der Waals surface area contributed by atoms with Crippen molar-refractivity contribution in [2.75, 3.05) is 0 Å². The molecule has 1 rings (SSSR count). The highest BCUT2D eigenvalue weighted by Crippen LogP contribution is 2.16. The Labute approximate surface area is 107 Å². The van der Waals surface area contributed by atoms with Crippen LogP contribution in [-0.2, 0) is 11.2 Å². The maximum absolute atomic E-state index is 11.6. The maximum atomic E-state index is 11.6. The third-order valence-electron chi connectivity index (χ3n) is 2.68. The van der Waals surface area contributed by atoms with Crippen molar-refractivity contribution < 1.29 is 4.79 Å². The number of amides is 1. The molecule has 1 amide bonds. The van der Waals surface area contributed by atoms with E-state index in [0.717, 1.165) is 12.8 Å². The average Bonchev–Trinajstić information content (AvgIpc) is 2.63. The van der Waals surface area contributed by atoms with Crippen LogP contribution in [0.1, 0.15) is 36.4 Å². The summed E-state index contributed by atoms with van der Waals surface area (Å²) in [5.41, 5.74) is 5.75. The molecule has 0 spiro atoms. The van der Waals surface area contributed by atoms with Gasteiger partial charge in [-0.25, -0.2) is 0 Å². The molecule has 3 nitrogen and oxygen atoms in total. The smallest absolute Gasteiger partial charge is 0.221 e. The quantitative estimate of drug-likeness (QED) is 0.818. The third-order valence-corrected chi connectivity index (χ3v) is 3.71. The molecule has 0 aliphatic carbocycles. The van der Waals surface area contributed by atoms with Crippen molar-refractivity contribution in [3.63, 3.8) is 0 Å². The zero-order valence-electron chi connectivity index (χ0n) is 10.8. The molecule has 0 saturated carbocycles. The van der Waals surface area contributed by atoms with Crippen LogP contribution in [0, 0.1) is 6.92 Å². The summed E-state index contributed by atoms with van der Waals surface area (Å²) in [6, 6.07) is 4.39. The van der Waals surface area contributed by atoms with E-state index in [9.17, 15) is 4.79 Å². The largest absolute Gasteiger partial charge is 0.353 e. The Morgan fingerprint density at radius 3 is 2.76 bits per heavy atom. The summed E-state index contributed by atoms with van der Waals surface area (Å²) in [4.78, 5) is 14.3. The molecule has 1 heterocycles. The van der Waals surface area contributed by atoms with Crippen LogP contribution in [0.25, 0.3) is 0 Å². The lowest BCUT2D eigenvalue weighted by Crippen LogP contribution is -2.37. The lowest BCUT2D eigenvalue weighted by atomic mass is 10.1. The van der Waals surface area contributed by atoms with Crippen LogP contribution in [0.2, 0.25) is 0 Å². The normalized spacial score (nSPS) is 14.4. The van der Waals surface area contributed by atoms with Crippen molar-refractivity contribution in [1.29, 1.82) is 0 Å². The minimum atomic E-state index is -0.0221. The van der Waals surface area contributed by atoms with Gasteiger partial charge in [0.05, 0.1) is 0 Å². The van der Waals surface area contributed by atoms with Crippen LogP contribution in [0.3, 0.4) is 0 Å². The summed E-state index contributed by atoms with van der Waals surface area (Å²) >= 11 is 1.79. The van der Waals surface area contributed by atoms with E-state index in [0.29, 0.717) is 6.42 Å². The molecule has 0 bridgehead atoms. The molecule has 3 N–H and O–H groups in total. The van der Waals surface area contributed by atoms with Gasteiger partial charge in [-0.1, -0.05) is 6.92 Å². The van der Waals surface area contributed by atoms with E-state index in [1.807, 2.05) is 13.8 Å². The van der Waals surface area contributed by atoms with Gasteiger partial charge in [0, 0.05) is 34.7 Å². The Bertz CT molecular complexity index is 362. The average molecular weight is 254 g/mol. The summed E-state index contributed by atoms with van der Waals surface area (Å²) < 4.78 is 0. The predicted octanol–water partition coefficient (Wildman–Crippen LogP) is 2.23. The highest BCUT2D eigenvalue weighted by Gasteiger charge is 2.11. The van der Waals surface area contributed by atoms with E-state index in [1.54, 1.807) is 11.3 Å². The molecule has 2 unspecified atom stereocenters. The van der Waals surface area contributed by atoms with Crippen LogP contribution >= 0.6 is 11.3 Å². The molecule has 4 heteroatoms. The van der Waals surface area contributed by atoms with E-state index in [4.69, 9.17) is 5.73 Å². The van der Waals surface area contributed by atoms with Crippen LogP contribution in [0.5, 0.6) is 0 Å². The first-order valence-electron chi connectivity index (χ1n) is 6.11. The minimum Gasteiger partial charge on any atom is -0.353 e. The standard InChI is InChI=1S/C13H22N2OS/c1-4-11(14)8-13(16)15-9(2)7-12-6-5-10(3)17-12/h5-6,9,11H,4,7-8,14H2,1-3H3,(H,15,16). The summed E-state index contributed by atoms with van der Waals surface area (Å²) in [7, 11) is 0. The Kier molecular flexibility index (Phi) is 5.65. The summed E-state index contributed by atoms with van der Waals surface area (Å²) in [6.07, 6.45) is 2.15. The molecule has 0 radical (unpaired) electrons. The van der Waals surface area contributed by atoms with Crippen LogP contribution in [0.4, 0.5) is 0 Å². The van der Waals surface area contributed by atoms with E-state index >= 15 is 0 Å². The molecular formula is C13H22N2OS. The highest BCUT2D eigenvalue weighted by molar-refractivity contribution is 7.11. The van der Waals surface area contributed by atoms with Gasteiger partial charge in [-0.05, 0) is 32.4 Å². The lowest BCUT2D eigenvalue weighted by molar-refractivity contribution is -0.122. The molecular weight excluding hydrogens is 232 g/mol. The highest BCUT2D eigenvalue weighted by atomic mass is 32.1. The van der Waals surface area contributed by atoms with E-state index in [2.05, 4.69) is 24.4 Å². The molecule has 2 atom stereocenters. The molecule has 0 fully saturated rings. The van der Waals surface area contributed by atoms with Gasteiger partial charge in [-0.2, -0.15) is 0 Å². The lowest BCUT2D eigenvalue weighted by Gasteiger charge is -2.14. The molecule has 17 heavy (non-hydrogen) atoms. The van der Waals surface area contributed by atoms with Crippen molar-refractivity contribution >= 4 is 17.2 Å². The number of aryl methyl sites for hydroxylation is 1. The van der Waals surface area contributed by atoms with E-state index < -0.39 is 0 Å². The van der Waals surface area contributed by atoms with Crippen molar-refractivity contribution in [3.05, 3.63) is 21.9 Å². The number of thiophene rings is 1. The number of nitrogens with two attached hydrogens (primary N) is 1. The van der Waals surface area contributed by atoms with Gasteiger partial charge < -0.3 is 11.1 Å². The second-order valence-electron chi connectivity index (χ2n) is 4.56. The zero-order chi connectivity index (χ0) is 12.8. The maximum Gasteiger partial charge on any atom is 0.221 e. The molecule has 1 aromatic heterocycles. The number of rotatable bonds is 6. The molecule has 1 aromatic rings. The number of hydrogen-bond donors (Lipinski definition) is 2. The molecule has 0 aliphatic heterocycles. The third kappa shape index (κ3) is 5.33. The van der Waals surface area contributed by atoms with Crippen LogP contribution in [0.15, 0.2) is 12.1 Å². The van der Waals surface area contributed by atoms with Gasteiger partial charge in [0.25, 0.3) is 0 Å². The second kappa shape index (κ2) is 6.77. The topological polar surface area (TPSA) is 55.1 Å². The molecule has 0 aliphatic rings. The van der Waals surface area contributed by atoms with Crippen molar-refractivity contribution in [1.82, 2.24) is 5.32 Å². The van der Waals surface area contributed by atoms with Gasteiger partial charge in [0.2, 0.25) is 5.91 Å². The fourth-order valence-electron chi connectivity index (χ4n) is 1.66. The number of hydrogen-bond acceptors (Lipinski definition) is 3. The number of carbonyl (C=O) groups excluding carboxylic acids is 1. The van der Waals surface area contributed by atoms with Gasteiger partial charge in [0.1, 0.15) is 0 Å². The van der Waals surface area contributed by atoms with Crippen LogP contribution in [-0.4, -0.2) is 18.0 Å². The molecule has 0 saturated heterocycles. The first-order chi connectivity index (χ1) is 8.01. The van der Waals surface area contributed by atoms with Crippen molar-refractivity contribution in [2.45, 2.75) is 52.1 Å². The fraction of sp³-hybridized carbons (Fsp3) is 0.615. The summed E-state index contributed by atoms with van der Waals surface area (Å²) in [6.45, 7) is 6.12. The van der Waals surface area contributed by atoms with Gasteiger partial charge in [-0.15, -0.1) is 11.3 Å². The predicted molar refractivity (Wildman–Crippen MR) is 73.2 cm³/mol. The molecule has 0 aromatic carbocycles. The van der Waals surface area contributed by atoms with E-state index in [1.165, 1.54) is 9.75 Å². The van der Waals surface area contributed by atoms with E-state index in [-0.39, 0.29) is 18.0 Å². The molecule has 96 valence electrons. The fourth-order valence-corrected chi connectivity index (χ4v) is 2.68. The summed E-state index contributed by atoms with van der Waals surface area (Å²) in [5, 5.41) is 2.99. The van der Waals surface area contributed by atoms with Gasteiger partial charge >= 0.3 is 0 Å². The number of carbonyl (C=O) groups is 1. The Morgan fingerprint density at radius 1 is 1.53 bits per heavy atom. The second-order valence-corrected chi connectivity index (χ2v) is 5.93. The first-order valence-corrected chi connectivity index (χ1v) is 6.93. The van der Waals surface area contributed by atoms with Gasteiger partial charge in [-0.3, -0.25) is 4.79 Å². The SMILES string of the molecule is CCC(N)CC(=O)NC(C)Cc1ccc(C)s1. The Morgan fingerprint density at radius 2 is 2.24 bits per heavy atom. The minimum absolute atomic E-state index is 0.0221. The monoisotopic (exact) mass is 254 g/mol. The van der Waals surface area contributed by atoms with Crippen molar-refractivity contribution in [2.24, 2.45) is 5.73 Å². The van der Waals surface area contributed by atoms with Gasteiger partial charge in [0.15, 0.2) is 0 Å². The Balaban J connectivity index is 2.34. The van der Waals surface area contributed by atoms with Crippen LogP contribution < -0.4 is 11.1 Å². The van der Waals surface area contributed by atoms with Crippen molar-refractivity contribution in [3.8, 4) is 0 Å². The number of nitrogens with one attached hydrogen (secondary N) is 1.